The van der Waals surface area contributed by atoms with Gasteiger partial charge in [0.25, 0.3) is 0 Å². The van der Waals surface area contributed by atoms with Gasteiger partial charge >= 0.3 is 0 Å². The highest BCUT2D eigenvalue weighted by Crippen LogP contribution is 2.38. The quantitative estimate of drug-likeness (QED) is 0.721. The second-order valence-electron chi connectivity index (χ2n) is 7.80. The molecule has 2 aliphatic rings. The van der Waals surface area contributed by atoms with Crippen LogP contribution in [0.25, 0.3) is 0 Å². The first-order valence-electron chi connectivity index (χ1n) is 10.5. The molecule has 0 spiro atoms. The molecule has 10 heteroatoms. The van der Waals surface area contributed by atoms with Gasteiger partial charge in [0.05, 0.1) is 19.3 Å². The number of fused-ring (bicyclic) bond motifs is 1. The number of amides is 1. The highest BCUT2D eigenvalue weighted by molar-refractivity contribution is 7.89. The first-order valence-corrected chi connectivity index (χ1v) is 12.0. The fraction of sp³-hybridized carbons (Fsp3) is 0.524. The van der Waals surface area contributed by atoms with E-state index >= 15 is 0 Å². The minimum atomic E-state index is -3.78. The molecule has 2 aromatic rings. The van der Waals surface area contributed by atoms with Crippen LogP contribution in [0.4, 0.5) is 0 Å². The molecule has 1 atom stereocenters. The lowest BCUT2D eigenvalue weighted by Gasteiger charge is -2.26. The van der Waals surface area contributed by atoms with E-state index in [1.165, 1.54) is 0 Å². The minimum Gasteiger partial charge on any atom is -0.490 e. The summed E-state index contributed by atoms with van der Waals surface area (Å²) in [5.74, 6) is 1.58. The molecule has 168 valence electrons. The molecule has 1 N–H and O–H groups in total. The van der Waals surface area contributed by atoms with Crippen LogP contribution >= 0.6 is 0 Å². The van der Waals surface area contributed by atoms with Crippen LogP contribution in [0, 0.1) is 13.8 Å². The predicted octanol–water partition coefficient (Wildman–Crippen LogP) is 2.48. The van der Waals surface area contributed by atoms with Crippen LogP contribution < -0.4 is 14.2 Å². The van der Waals surface area contributed by atoms with E-state index in [4.69, 9.17) is 14.0 Å². The van der Waals surface area contributed by atoms with Crippen LogP contribution in [-0.4, -0.2) is 50.7 Å². The molecule has 1 aromatic carbocycles. The van der Waals surface area contributed by atoms with Crippen LogP contribution in [0.3, 0.4) is 0 Å². The topological polar surface area (TPSA) is 111 Å². The van der Waals surface area contributed by atoms with Gasteiger partial charge in [0.1, 0.15) is 10.6 Å². The highest BCUT2D eigenvalue weighted by atomic mass is 32.2. The Morgan fingerprint density at radius 1 is 1.19 bits per heavy atom. The molecule has 4 rings (SSSR count). The lowest BCUT2D eigenvalue weighted by atomic mass is 10.0. The van der Waals surface area contributed by atoms with Crippen molar-refractivity contribution in [2.45, 2.75) is 50.5 Å². The van der Waals surface area contributed by atoms with E-state index < -0.39 is 10.0 Å². The van der Waals surface area contributed by atoms with Crippen molar-refractivity contribution in [2.24, 2.45) is 0 Å². The minimum absolute atomic E-state index is 0.00951. The van der Waals surface area contributed by atoms with Crippen LogP contribution in [0.1, 0.15) is 48.7 Å². The number of aryl methyl sites for hydroxylation is 2. The molecule has 9 nitrogen and oxygen atoms in total. The zero-order valence-electron chi connectivity index (χ0n) is 17.7. The van der Waals surface area contributed by atoms with Gasteiger partial charge in [-0.25, -0.2) is 13.1 Å². The summed E-state index contributed by atoms with van der Waals surface area (Å²) >= 11 is 0. The summed E-state index contributed by atoms with van der Waals surface area (Å²) in [6, 6.07) is 5.78. The zero-order chi connectivity index (χ0) is 22.0. The number of nitrogens with zero attached hydrogens (tertiary/aromatic N) is 2. The Balaban J connectivity index is 1.40. The number of nitrogens with one attached hydrogen (secondary N) is 1. The number of hydrogen-bond donors (Lipinski definition) is 1. The Bertz CT molecular complexity index is 1050. The van der Waals surface area contributed by atoms with Crippen molar-refractivity contribution < 1.29 is 27.2 Å². The normalized spacial score (nSPS) is 18.8. The van der Waals surface area contributed by atoms with E-state index in [1.807, 2.05) is 23.1 Å². The van der Waals surface area contributed by atoms with E-state index in [0.717, 1.165) is 30.6 Å². The second-order valence-corrected chi connectivity index (χ2v) is 9.51. The van der Waals surface area contributed by atoms with Gasteiger partial charge in [-0.05, 0) is 44.4 Å². The third-order valence-electron chi connectivity index (χ3n) is 5.60. The van der Waals surface area contributed by atoms with Crippen LogP contribution in [-0.2, 0) is 14.8 Å². The van der Waals surface area contributed by atoms with Gasteiger partial charge in [-0.3, -0.25) is 4.79 Å². The van der Waals surface area contributed by atoms with E-state index in [2.05, 4.69) is 9.88 Å². The van der Waals surface area contributed by atoms with Gasteiger partial charge < -0.3 is 18.9 Å². The summed E-state index contributed by atoms with van der Waals surface area (Å²) in [6.45, 7) is 5.01. The third kappa shape index (κ3) is 4.54. The first kappa shape index (κ1) is 21.6. The average Bonchev–Trinajstić information content (AvgIpc) is 3.27. The molecule has 1 unspecified atom stereocenters. The number of rotatable bonds is 6. The SMILES string of the molecule is Cc1noc(C)c1S(=O)(=O)NCCC(=O)N1CCCC1c1ccc2c(c1)OCCCO2. The van der Waals surface area contributed by atoms with E-state index in [9.17, 15) is 13.2 Å². The van der Waals surface area contributed by atoms with Gasteiger partial charge in [0.15, 0.2) is 17.3 Å². The van der Waals surface area contributed by atoms with Gasteiger partial charge in [-0.15, -0.1) is 0 Å². The summed E-state index contributed by atoms with van der Waals surface area (Å²) in [6.07, 6.45) is 2.66. The number of carbonyl (C=O) groups is 1. The maximum atomic E-state index is 12.9. The molecule has 0 saturated carbocycles. The van der Waals surface area contributed by atoms with Crippen molar-refractivity contribution in [2.75, 3.05) is 26.3 Å². The Hall–Kier alpha value is -2.59. The fourth-order valence-electron chi connectivity index (χ4n) is 4.17. The van der Waals surface area contributed by atoms with Crippen molar-refractivity contribution in [3.05, 3.63) is 35.2 Å². The third-order valence-corrected chi connectivity index (χ3v) is 7.30. The fourth-order valence-corrected chi connectivity index (χ4v) is 5.52. The van der Waals surface area contributed by atoms with Crippen molar-refractivity contribution >= 4 is 15.9 Å². The first-order chi connectivity index (χ1) is 14.9. The molecular formula is C21H27N3O6S. The van der Waals surface area contributed by atoms with Crippen molar-refractivity contribution in [1.82, 2.24) is 14.8 Å². The van der Waals surface area contributed by atoms with Crippen molar-refractivity contribution in [1.29, 1.82) is 0 Å². The van der Waals surface area contributed by atoms with Crippen molar-refractivity contribution in [3.8, 4) is 11.5 Å². The Kier molecular flexibility index (Phi) is 6.19. The molecule has 1 aromatic heterocycles. The molecule has 0 aliphatic carbocycles. The summed E-state index contributed by atoms with van der Waals surface area (Å²) < 4.78 is 44.0. The number of sulfonamides is 1. The number of carbonyl (C=O) groups excluding carboxylic acids is 1. The molecular weight excluding hydrogens is 422 g/mol. The number of benzene rings is 1. The summed E-state index contributed by atoms with van der Waals surface area (Å²) in [5.41, 5.74) is 1.30. The molecule has 0 radical (unpaired) electrons. The summed E-state index contributed by atoms with van der Waals surface area (Å²) in [4.78, 5) is 14.7. The van der Waals surface area contributed by atoms with Crippen LogP contribution in [0.2, 0.25) is 0 Å². The lowest BCUT2D eigenvalue weighted by molar-refractivity contribution is -0.131. The van der Waals surface area contributed by atoms with Gasteiger partial charge in [0.2, 0.25) is 15.9 Å². The molecule has 0 bridgehead atoms. The number of hydrogen-bond acceptors (Lipinski definition) is 7. The van der Waals surface area contributed by atoms with Crippen molar-refractivity contribution in [3.63, 3.8) is 0 Å². The number of ether oxygens (including phenoxy) is 2. The van der Waals surface area contributed by atoms with Crippen LogP contribution in [0.15, 0.2) is 27.6 Å². The van der Waals surface area contributed by atoms with Gasteiger partial charge in [-0.2, -0.15) is 0 Å². The van der Waals surface area contributed by atoms with Gasteiger partial charge in [-0.1, -0.05) is 11.2 Å². The smallest absolute Gasteiger partial charge is 0.245 e. The number of aromatic nitrogens is 1. The largest absolute Gasteiger partial charge is 0.490 e. The van der Waals surface area contributed by atoms with Crippen LogP contribution in [0.5, 0.6) is 11.5 Å². The summed E-state index contributed by atoms with van der Waals surface area (Å²) in [7, 11) is -3.78. The maximum absolute atomic E-state index is 12.9. The lowest BCUT2D eigenvalue weighted by Crippen LogP contribution is -2.34. The molecule has 1 saturated heterocycles. The van der Waals surface area contributed by atoms with E-state index in [1.54, 1.807) is 13.8 Å². The highest BCUT2D eigenvalue weighted by Gasteiger charge is 2.31. The number of likely N-dealkylation sites (tertiary alicyclic amines) is 1. The second kappa shape index (κ2) is 8.88. The molecule has 1 amide bonds. The Morgan fingerprint density at radius 3 is 2.71 bits per heavy atom. The van der Waals surface area contributed by atoms with Gasteiger partial charge in [0, 0.05) is 25.9 Å². The van der Waals surface area contributed by atoms with E-state index in [-0.39, 0.29) is 35.6 Å². The molecule has 3 heterocycles. The predicted molar refractivity (Wildman–Crippen MR) is 112 cm³/mol. The molecule has 2 aliphatic heterocycles. The summed E-state index contributed by atoms with van der Waals surface area (Å²) in [5, 5.41) is 3.68. The molecule has 1 fully saturated rings. The Labute approximate surface area is 181 Å². The molecule has 31 heavy (non-hydrogen) atoms. The zero-order valence-corrected chi connectivity index (χ0v) is 18.5. The van der Waals surface area contributed by atoms with E-state index in [0.29, 0.717) is 31.2 Å². The standard InChI is InChI=1S/C21H27N3O6S/c1-14-21(15(2)30-23-14)31(26,27)22-9-8-20(25)24-10-3-5-17(24)16-6-7-18-19(13-16)29-12-4-11-28-18/h6-7,13,17,22H,3-5,8-12H2,1-2H3. The maximum Gasteiger partial charge on any atom is 0.245 e. The Morgan fingerprint density at radius 2 is 1.97 bits per heavy atom. The monoisotopic (exact) mass is 449 g/mol. The average molecular weight is 450 g/mol.